The van der Waals surface area contributed by atoms with Crippen LogP contribution in [-0.2, 0) is 0 Å². The van der Waals surface area contributed by atoms with Gasteiger partial charge in [0.25, 0.3) is 0 Å². The van der Waals surface area contributed by atoms with E-state index in [-0.39, 0.29) is 0 Å². The summed E-state index contributed by atoms with van der Waals surface area (Å²) >= 11 is 4.87. The summed E-state index contributed by atoms with van der Waals surface area (Å²) in [5.74, 6) is 0. The molecular weight excluding hydrogens is 316 g/mol. The van der Waals surface area contributed by atoms with Gasteiger partial charge in [-0.3, -0.25) is 4.90 Å². The van der Waals surface area contributed by atoms with E-state index >= 15 is 0 Å². The summed E-state index contributed by atoms with van der Waals surface area (Å²) in [7, 11) is 0. The van der Waals surface area contributed by atoms with E-state index in [9.17, 15) is 0 Å². The molecule has 1 saturated heterocycles. The van der Waals surface area contributed by atoms with Gasteiger partial charge in [0, 0.05) is 17.5 Å². The Morgan fingerprint density at radius 2 is 2.29 bits per heavy atom. The molecule has 2 atom stereocenters. The zero-order valence-corrected chi connectivity index (χ0v) is 8.22. The van der Waals surface area contributed by atoms with E-state index in [0.29, 0.717) is 0 Å². The maximum Gasteiger partial charge on any atom is 0.0748 e. The van der Waals surface area contributed by atoms with Gasteiger partial charge in [-0.15, -0.1) is 0 Å². The molecule has 0 aliphatic carbocycles. The molecule has 3 heteroatoms. The van der Waals surface area contributed by atoms with Crippen LogP contribution in [0.2, 0.25) is 0 Å². The Balaban J connectivity index is 1.98. The van der Waals surface area contributed by atoms with Gasteiger partial charge in [0.05, 0.1) is 4.05 Å². The van der Waals surface area contributed by atoms with Crippen molar-refractivity contribution in [2.24, 2.45) is 0 Å². The van der Waals surface area contributed by atoms with E-state index in [1.807, 2.05) is 0 Å². The van der Waals surface area contributed by atoms with Gasteiger partial charge in [-0.2, -0.15) is 0 Å². The summed E-state index contributed by atoms with van der Waals surface area (Å²) in [6.45, 7) is 2.61. The first-order valence-corrected chi connectivity index (χ1v) is 5.06. The molecule has 1 rings (SSSR count). The van der Waals surface area contributed by atoms with E-state index < -0.39 is 0 Å². The molecule has 1 aliphatic heterocycles. The highest BCUT2D eigenvalue weighted by molar-refractivity contribution is 14.1. The summed E-state index contributed by atoms with van der Waals surface area (Å²) in [4.78, 5) is 2.45. The Hall–Kier alpha value is 1.42. The van der Waals surface area contributed by atoms with E-state index in [2.05, 4.69) is 50.1 Å². The minimum atomic E-state index is 0.868. The van der Waals surface area contributed by atoms with Crippen molar-refractivity contribution in [3.63, 3.8) is 0 Å². The molecule has 0 amide bonds. The number of hydrogen-bond acceptors (Lipinski definition) is 1. The molecule has 0 radical (unpaired) electrons. The Bertz CT molecular complexity index is 66.7. The van der Waals surface area contributed by atoms with Gasteiger partial charge in [0.2, 0.25) is 0 Å². The first-order chi connectivity index (χ1) is 3.34. The van der Waals surface area contributed by atoms with Crippen LogP contribution < -0.4 is 0 Å². The fourth-order valence-corrected chi connectivity index (χ4v) is 1.89. The lowest BCUT2D eigenvalue weighted by atomic mass is 10.8. The van der Waals surface area contributed by atoms with E-state index in [1.54, 1.807) is 0 Å². The van der Waals surface area contributed by atoms with Gasteiger partial charge in [0.15, 0.2) is 0 Å². The van der Waals surface area contributed by atoms with Crippen molar-refractivity contribution in [3.05, 3.63) is 0 Å². The fourth-order valence-electron chi connectivity index (χ4n) is 0.486. The zero-order chi connectivity index (χ0) is 5.28. The summed E-state index contributed by atoms with van der Waals surface area (Å²) in [5, 5.41) is 0. The largest absolute Gasteiger partial charge is 0.287 e. The standard InChI is InChI=1S/C4H7I2N/c5-1-2-7-3-4(7)6/h4H,1-3H2. The summed E-state index contributed by atoms with van der Waals surface area (Å²) in [6.07, 6.45) is 0. The van der Waals surface area contributed by atoms with Crippen LogP contribution in [0.15, 0.2) is 0 Å². The lowest BCUT2D eigenvalue weighted by Crippen LogP contribution is -2.00. The summed E-state index contributed by atoms with van der Waals surface area (Å²) in [5.41, 5.74) is 0. The minimum absolute atomic E-state index is 0.868. The maximum atomic E-state index is 2.46. The first-order valence-electron chi connectivity index (χ1n) is 2.28. The molecular formula is C4H7I2N. The van der Waals surface area contributed by atoms with Crippen LogP contribution in [0, 0.1) is 0 Å². The molecule has 0 aromatic carbocycles. The fraction of sp³-hybridized carbons (Fsp3) is 1.00. The molecule has 0 spiro atoms. The number of alkyl halides is 2. The number of nitrogens with zero attached hydrogens (tertiary/aromatic N) is 1. The van der Waals surface area contributed by atoms with Gasteiger partial charge in [-0.05, 0) is 0 Å². The average Bonchev–Trinajstić information content (AvgIpc) is 2.22. The molecule has 0 bridgehead atoms. The van der Waals surface area contributed by atoms with E-state index in [4.69, 9.17) is 0 Å². The lowest BCUT2D eigenvalue weighted by Gasteiger charge is -1.90. The number of halogens is 2. The van der Waals surface area contributed by atoms with Crippen molar-refractivity contribution in [1.82, 2.24) is 4.90 Å². The Kier molecular flexibility index (Phi) is 2.63. The molecule has 0 aromatic heterocycles. The van der Waals surface area contributed by atoms with Gasteiger partial charge in [-0.1, -0.05) is 45.2 Å². The van der Waals surface area contributed by atoms with E-state index in [0.717, 1.165) is 4.05 Å². The predicted octanol–water partition coefficient (Wildman–Crippen LogP) is 1.50. The zero-order valence-electron chi connectivity index (χ0n) is 3.90. The summed E-state index contributed by atoms with van der Waals surface area (Å²) in [6, 6.07) is 0. The maximum absolute atomic E-state index is 2.46. The summed E-state index contributed by atoms with van der Waals surface area (Å²) < 4.78 is 2.14. The molecule has 2 unspecified atom stereocenters. The Morgan fingerprint density at radius 3 is 2.43 bits per heavy atom. The van der Waals surface area contributed by atoms with E-state index in [1.165, 1.54) is 17.5 Å². The van der Waals surface area contributed by atoms with Crippen molar-refractivity contribution in [1.29, 1.82) is 0 Å². The van der Waals surface area contributed by atoms with Crippen molar-refractivity contribution in [2.75, 3.05) is 17.5 Å². The van der Waals surface area contributed by atoms with Crippen LogP contribution in [0.5, 0.6) is 0 Å². The van der Waals surface area contributed by atoms with Crippen LogP contribution in [0.1, 0.15) is 0 Å². The molecule has 0 aromatic rings. The molecule has 1 fully saturated rings. The Labute approximate surface area is 71.1 Å². The van der Waals surface area contributed by atoms with Crippen LogP contribution in [0.3, 0.4) is 0 Å². The minimum Gasteiger partial charge on any atom is -0.287 e. The molecule has 0 N–H and O–H groups in total. The van der Waals surface area contributed by atoms with Crippen LogP contribution >= 0.6 is 45.2 Å². The van der Waals surface area contributed by atoms with Crippen LogP contribution in [0.4, 0.5) is 0 Å². The third-order valence-electron chi connectivity index (χ3n) is 1.02. The SMILES string of the molecule is ICCN1CC1I. The van der Waals surface area contributed by atoms with Gasteiger partial charge in [0.1, 0.15) is 0 Å². The third kappa shape index (κ3) is 2.01. The van der Waals surface area contributed by atoms with Crippen LogP contribution in [-0.4, -0.2) is 26.5 Å². The predicted molar refractivity (Wildman–Crippen MR) is 48.3 cm³/mol. The van der Waals surface area contributed by atoms with Crippen molar-refractivity contribution in [3.8, 4) is 0 Å². The highest BCUT2D eigenvalue weighted by atomic mass is 127. The smallest absolute Gasteiger partial charge is 0.0748 e. The van der Waals surface area contributed by atoms with Crippen molar-refractivity contribution in [2.45, 2.75) is 4.05 Å². The first kappa shape index (κ1) is 6.54. The molecule has 1 heterocycles. The van der Waals surface area contributed by atoms with Gasteiger partial charge in [-0.25, -0.2) is 0 Å². The normalized spacial score (nSPS) is 38.6. The van der Waals surface area contributed by atoms with Gasteiger partial charge < -0.3 is 0 Å². The highest BCUT2D eigenvalue weighted by Crippen LogP contribution is 2.22. The number of rotatable bonds is 2. The van der Waals surface area contributed by atoms with Crippen molar-refractivity contribution < 1.29 is 0 Å². The van der Waals surface area contributed by atoms with Crippen LogP contribution in [0.25, 0.3) is 0 Å². The second-order valence-electron chi connectivity index (χ2n) is 1.62. The Morgan fingerprint density at radius 1 is 1.71 bits per heavy atom. The monoisotopic (exact) mass is 323 g/mol. The highest BCUT2D eigenvalue weighted by Gasteiger charge is 2.29. The quantitative estimate of drug-likeness (QED) is 0.322. The molecule has 42 valence electrons. The molecule has 7 heavy (non-hydrogen) atoms. The topological polar surface area (TPSA) is 3.01 Å². The molecule has 1 aliphatic rings. The molecule has 1 nitrogen and oxygen atoms in total. The second kappa shape index (κ2) is 2.82. The van der Waals surface area contributed by atoms with Crippen molar-refractivity contribution >= 4 is 45.2 Å². The lowest BCUT2D eigenvalue weighted by molar-refractivity contribution is 0.598. The molecule has 0 saturated carbocycles. The average molecular weight is 323 g/mol. The van der Waals surface area contributed by atoms with Gasteiger partial charge >= 0.3 is 0 Å². The third-order valence-corrected chi connectivity index (χ3v) is 2.68. The second-order valence-corrected chi connectivity index (χ2v) is 4.13. The number of hydrogen-bond donors (Lipinski definition) is 0.